The summed E-state index contributed by atoms with van der Waals surface area (Å²) in [5.41, 5.74) is -0.465. The van der Waals surface area contributed by atoms with E-state index in [4.69, 9.17) is 11.6 Å². The third-order valence-electron chi connectivity index (χ3n) is 5.67. The van der Waals surface area contributed by atoms with Gasteiger partial charge in [0, 0.05) is 27.9 Å². The molecular formula is C24H11ClF2N5Na3O7S2. The van der Waals surface area contributed by atoms with Crippen molar-refractivity contribution >= 4 is 76.3 Å². The minimum Gasteiger partial charge on any atom is -0.744 e. The van der Waals surface area contributed by atoms with Gasteiger partial charge in [-0.1, -0.05) is 47.3 Å². The number of halogens is 3. The number of azo groups is 1. The molecule has 0 saturated carbocycles. The molecule has 210 valence electrons. The van der Waals surface area contributed by atoms with Gasteiger partial charge in [0.25, 0.3) is 0 Å². The molecule has 0 aliphatic carbocycles. The molecule has 20 heteroatoms. The van der Waals surface area contributed by atoms with Crippen molar-refractivity contribution in [3.8, 4) is 5.75 Å². The molecule has 44 heavy (non-hydrogen) atoms. The zero-order valence-electron chi connectivity index (χ0n) is 22.8. The Morgan fingerprint density at radius 2 is 1.57 bits per heavy atom. The minimum atomic E-state index is -5.26. The van der Waals surface area contributed by atoms with E-state index in [1.54, 1.807) is 0 Å². The van der Waals surface area contributed by atoms with E-state index in [2.05, 4.69) is 31.6 Å². The molecule has 0 aliphatic rings. The van der Waals surface area contributed by atoms with Crippen LogP contribution in [0.25, 0.3) is 21.5 Å². The largest absolute Gasteiger partial charge is 1.00 e. The maximum absolute atomic E-state index is 13.6. The van der Waals surface area contributed by atoms with Gasteiger partial charge in [0.1, 0.15) is 30.9 Å². The molecular weight excluding hydrogens is 677 g/mol. The Morgan fingerprint density at radius 3 is 2.23 bits per heavy atom. The van der Waals surface area contributed by atoms with Crippen molar-refractivity contribution in [2.75, 3.05) is 5.32 Å². The second-order valence-corrected chi connectivity index (χ2v) is 11.3. The summed E-state index contributed by atoms with van der Waals surface area (Å²) in [6, 6.07) is 13.6. The van der Waals surface area contributed by atoms with Gasteiger partial charge in [0.15, 0.2) is 5.82 Å². The number of phenolic OH excluding ortho intramolecular Hbond substituents is 1. The molecule has 0 unspecified atom stereocenters. The fourth-order valence-corrected chi connectivity index (χ4v) is 5.60. The van der Waals surface area contributed by atoms with Crippen LogP contribution < -0.4 is 94.0 Å². The Kier molecular flexibility index (Phi) is 13.3. The van der Waals surface area contributed by atoms with Crippen LogP contribution >= 0.6 is 11.6 Å². The molecule has 0 fully saturated rings. The first-order valence-electron chi connectivity index (χ1n) is 11.0. The van der Waals surface area contributed by atoms with Gasteiger partial charge in [-0.2, -0.15) is 41.1 Å². The molecule has 2 N–H and O–H groups in total. The summed E-state index contributed by atoms with van der Waals surface area (Å²) in [4.78, 5) is 4.62. The molecule has 1 aromatic heterocycles. The summed E-state index contributed by atoms with van der Waals surface area (Å²) in [6.07, 6.45) is -1.34. The molecule has 1 heterocycles. The van der Waals surface area contributed by atoms with E-state index >= 15 is 0 Å². The van der Waals surface area contributed by atoms with Crippen LogP contribution in [-0.4, -0.2) is 41.0 Å². The fourth-order valence-electron chi connectivity index (χ4n) is 3.96. The monoisotopic (exact) mass is 687 g/mol. The molecule has 0 amide bonds. The first kappa shape index (κ1) is 38.8. The fraction of sp³-hybridized carbons (Fsp3) is 0. The smallest absolute Gasteiger partial charge is 0.744 e. The Bertz CT molecular complexity index is 2160. The summed E-state index contributed by atoms with van der Waals surface area (Å²) in [5, 5.41) is 20.3. The maximum atomic E-state index is 13.6. The van der Waals surface area contributed by atoms with E-state index in [-0.39, 0.29) is 122 Å². The van der Waals surface area contributed by atoms with Crippen molar-refractivity contribution in [3.63, 3.8) is 0 Å². The number of fused-ring (bicyclic) bond motifs is 2. The van der Waals surface area contributed by atoms with E-state index in [1.807, 2.05) is 0 Å². The van der Waals surface area contributed by atoms with Gasteiger partial charge in [0.2, 0.25) is 5.95 Å². The Hall–Kier alpha value is -1.35. The Labute approximate surface area is 319 Å². The van der Waals surface area contributed by atoms with Crippen LogP contribution in [0, 0.1) is 18.1 Å². The molecule has 0 radical (unpaired) electrons. The third kappa shape index (κ3) is 8.13. The van der Waals surface area contributed by atoms with Crippen LogP contribution in [0.15, 0.2) is 74.6 Å². The molecule has 12 nitrogen and oxygen atoms in total. The summed E-state index contributed by atoms with van der Waals surface area (Å²) in [6.45, 7) is 0. The van der Waals surface area contributed by atoms with Gasteiger partial charge in [0.05, 0.1) is 9.79 Å². The van der Waals surface area contributed by atoms with Crippen molar-refractivity contribution in [2.24, 2.45) is 10.2 Å². The summed E-state index contributed by atoms with van der Waals surface area (Å²) in [5.74, 6) is -2.05. The second-order valence-electron chi connectivity index (χ2n) is 8.23. The molecule has 0 bridgehead atoms. The Morgan fingerprint density at radius 1 is 0.886 bits per heavy atom. The minimum absolute atomic E-state index is 0. The van der Waals surface area contributed by atoms with Gasteiger partial charge in [-0.15, -0.1) is 5.39 Å². The van der Waals surface area contributed by atoms with Gasteiger partial charge in [-0.3, -0.25) is 0 Å². The standard InChI is InChI=1S/C24H13ClF2N5O7S2.3Na/c25-19-22(26)29-24(27)30-23(19)28-12-5-6-13-11(10-12)4-8-16(20(13)33)31-32-17-9-7-14-15(21(17)41(37,38)39)2-1-3-18(14)40(34,35)36;;;/h1-7,9-10,33H,(H,28,29,30)(H,34,35,36)(H,37,38,39);;;/q-1;3*+1/p-2. The van der Waals surface area contributed by atoms with Crippen molar-refractivity contribution in [1.82, 2.24) is 9.97 Å². The average Bonchev–Trinajstić information content (AvgIpc) is 2.89. The number of rotatable bonds is 6. The van der Waals surface area contributed by atoms with Gasteiger partial charge < -0.3 is 19.5 Å². The van der Waals surface area contributed by atoms with Crippen molar-refractivity contribution in [3.05, 3.63) is 77.7 Å². The van der Waals surface area contributed by atoms with E-state index in [9.17, 15) is 39.8 Å². The normalized spacial score (nSPS) is 11.6. The van der Waals surface area contributed by atoms with E-state index in [0.29, 0.717) is 5.39 Å². The number of benzene rings is 4. The van der Waals surface area contributed by atoms with E-state index in [1.165, 1.54) is 24.3 Å². The predicted molar refractivity (Wildman–Crippen MR) is 139 cm³/mol. The van der Waals surface area contributed by atoms with Crippen LogP contribution in [0.4, 0.5) is 31.7 Å². The molecule has 0 spiro atoms. The molecule has 0 aliphatic heterocycles. The van der Waals surface area contributed by atoms with Crippen LogP contribution in [0.2, 0.25) is 5.02 Å². The van der Waals surface area contributed by atoms with Crippen molar-refractivity contribution < 1.29 is 129 Å². The van der Waals surface area contributed by atoms with Gasteiger partial charge in [-0.25, -0.2) is 16.8 Å². The number of hydrogen-bond acceptors (Lipinski definition) is 12. The first-order valence-corrected chi connectivity index (χ1v) is 14.2. The first-order chi connectivity index (χ1) is 19.2. The van der Waals surface area contributed by atoms with E-state index in [0.717, 1.165) is 30.3 Å². The number of aromatic hydroxyl groups is 1. The molecule has 5 aromatic rings. The number of aromatic nitrogens is 2. The van der Waals surface area contributed by atoms with Gasteiger partial charge in [-0.05, 0) is 18.2 Å². The summed E-state index contributed by atoms with van der Waals surface area (Å²) in [7, 11) is -10.3. The van der Waals surface area contributed by atoms with Crippen molar-refractivity contribution in [2.45, 2.75) is 9.79 Å². The number of phenols is 1. The number of hydrogen-bond donors (Lipinski definition) is 2. The van der Waals surface area contributed by atoms with E-state index < -0.39 is 58.5 Å². The zero-order chi connectivity index (χ0) is 29.7. The second kappa shape index (κ2) is 15.0. The molecule has 5 rings (SSSR count). The SMILES string of the molecule is O=S(=O)([O-])c1cccc2c(S(=O)(=O)[O-])c(N=Nc3[c-]cc4cc(Nc5nc(F)nc(F)c5Cl)ccc4c3O)ccc12.[Na+].[Na+].[Na+]. The molecule has 0 atom stereocenters. The Balaban J connectivity index is 0.00000225. The predicted octanol–water partition coefficient (Wildman–Crippen LogP) is -3.80. The molecule has 0 saturated heterocycles. The van der Waals surface area contributed by atoms with Crippen LogP contribution in [0.1, 0.15) is 0 Å². The average molecular weight is 688 g/mol. The topological polar surface area (TPSA) is 197 Å². The zero-order valence-corrected chi connectivity index (χ0v) is 31.2. The summed E-state index contributed by atoms with van der Waals surface area (Å²) >= 11 is 5.77. The maximum Gasteiger partial charge on any atom is 1.00 e. The van der Waals surface area contributed by atoms with Crippen LogP contribution in [0.3, 0.4) is 0 Å². The van der Waals surface area contributed by atoms with Gasteiger partial charge >= 0.3 is 94.8 Å². The van der Waals surface area contributed by atoms with Crippen molar-refractivity contribution in [1.29, 1.82) is 0 Å². The van der Waals surface area contributed by atoms with Crippen LogP contribution in [-0.2, 0) is 20.2 Å². The molecule has 4 aromatic carbocycles. The van der Waals surface area contributed by atoms with Crippen LogP contribution in [0.5, 0.6) is 5.75 Å². The summed E-state index contributed by atoms with van der Waals surface area (Å²) < 4.78 is 98.1. The quantitative estimate of drug-likeness (QED) is 0.0446. The third-order valence-corrected chi connectivity index (χ3v) is 7.83. The number of anilines is 2. The number of nitrogens with zero attached hydrogens (tertiary/aromatic N) is 4. The number of nitrogens with one attached hydrogen (secondary N) is 1.